The van der Waals surface area contributed by atoms with Crippen molar-refractivity contribution in [2.45, 2.75) is 43.3 Å². The largest absolute Gasteiger partial charge is 0.343 e. The van der Waals surface area contributed by atoms with E-state index in [1.807, 2.05) is 38.1 Å². The Morgan fingerprint density at radius 1 is 1.43 bits per heavy atom. The molecule has 3 N–H and O–H groups in total. The Balaban J connectivity index is 2.29. The number of H-pyrrole nitrogens is 1. The Bertz CT molecular complexity index is 635. The van der Waals surface area contributed by atoms with Gasteiger partial charge in [0, 0.05) is 17.1 Å². The van der Waals surface area contributed by atoms with E-state index in [0.29, 0.717) is 11.7 Å². The van der Waals surface area contributed by atoms with Gasteiger partial charge in [0.05, 0.1) is 5.25 Å². The molecule has 0 fully saturated rings. The van der Waals surface area contributed by atoms with Crippen molar-refractivity contribution in [1.82, 2.24) is 14.8 Å². The molecule has 114 valence electrons. The van der Waals surface area contributed by atoms with Gasteiger partial charge in [-0.05, 0) is 31.0 Å². The fourth-order valence-corrected chi connectivity index (χ4v) is 3.46. The van der Waals surface area contributed by atoms with E-state index in [2.05, 4.69) is 26.1 Å². The first-order chi connectivity index (χ1) is 10.0. The number of nitrogens with zero attached hydrogens (tertiary/aromatic N) is 2. The molecule has 1 heterocycles. The average molecular weight is 371 g/mol. The Morgan fingerprint density at radius 2 is 2.10 bits per heavy atom. The number of halogens is 1. The van der Waals surface area contributed by atoms with Crippen molar-refractivity contribution >= 4 is 27.7 Å². The zero-order chi connectivity index (χ0) is 15.4. The Labute approximate surface area is 136 Å². The van der Waals surface area contributed by atoms with Crippen LogP contribution in [0.1, 0.15) is 31.1 Å². The van der Waals surface area contributed by atoms with E-state index >= 15 is 0 Å². The molecule has 0 saturated carbocycles. The zero-order valence-corrected chi connectivity index (χ0v) is 14.4. The molecule has 0 aliphatic carbocycles. The van der Waals surface area contributed by atoms with E-state index in [0.717, 1.165) is 16.5 Å². The van der Waals surface area contributed by atoms with Crippen LogP contribution in [-0.4, -0.2) is 20.8 Å². The van der Waals surface area contributed by atoms with Crippen molar-refractivity contribution < 1.29 is 0 Å². The first-order valence-corrected chi connectivity index (χ1v) is 8.53. The average Bonchev–Trinajstić information content (AvgIpc) is 2.79. The number of benzene rings is 1. The minimum absolute atomic E-state index is 0.0453. The normalized spacial score (nSPS) is 14.1. The van der Waals surface area contributed by atoms with Crippen molar-refractivity contribution in [3.63, 3.8) is 0 Å². The van der Waals surface area contributed by atoms with Gasteiger partial charge in [0.25, 0.3) is 0 Å². The van der Waals surface area contributed by atoms with E-state index in [1.54, 1.807) is 4.57 Å². The molecular weight excluding hydrogens is 352 g/mol. The second kappa shape index (κ2) is 7.29. The maximum Gasteiger partial charge on any atom is 0.343 e. The molecule has 5 nitrogen and oxygen atoms in total. The lowest BCUT2D eigenvalue weighted by Crippen LogP contribution is -2.23. The predicted molar refractivity (Wildman–Crippen MR) is 89.5 cm³/mol. The lowest BCUT2D eigenvalue weighted by atomic mass is 10.1. The molecular formula is C14H19BrN4OS. The highest BCUT2D eigenvalue weighted by molar-refractivity contribution is 9.10. The van der Waals surface area contributed by atoms with Crippen molar-refractivity contribution in [3.8, 4) is 0 Å². The lowest BCUT2D eigenvalue weighted by Gasteiger charge is -2.20. The minimum Gasteiger partial charge on any atom is -0.327 e. The fourth-order valence-electron chi connectivity index (χ4n) is 2.06. The molecule has 0 spiro atoms. The summed E-state index contributed by atoms with van der Waals surface area (Å²) in [5.74, 6) is 0. The monoisotopic (exact) mass is 370 g/mol. The van der Waals surface area contributed by atoms with Gasteiger partial charge in [-0.15, -0.1) is 5.10 Å². The number of aromatic amines is 1. The molecule has 2 aromatic rings. The molecule has 21 heavy (non-hydrogen) atoms. The van der Waals surface area contributed by atoms with E-state index < -0.39 is 0 Å². The van der Waals surface area contributed by atoms with Gasteiger partial charge in [-0.1, -0.05) is 46.7 Å². The van der Waals surface area contributed by atoms with Crippen LogP contribution in [-0.2, 0) is 6.54 Å². The highest BCUT2D eigenvalue weighted by atomic mass is 79.9. The van der Waals surface area contributed by atoms with Gasteiger partial charge in [0.15, 0.2) is 5.16 Å². The molecule has 1 aromatic heterocycles. The Kier molecular flexibility index (Phi) is 5.66. The first kappa shape index (κ1) is 16.3. The van der Waals surface area contributed by atoms with Crippen molar-refractivity contribution in [2.75, 3.05) is 0 Å². The van der Waals surface area contributed by atoms with E-state index in [4.69, 9.17) is 5.73 Å². The smallest absolute Gasteiger partial charge is 0.327 e. The highest BCUT2D eigenvalue weighted by Gasteiger charge is 2.21. The van der Waals surface area contributed by atoms with Gasteiger partial charge < -0.3 is 5.73 Å². The second-order valence-electron chi connectivity index (χ2n) is 4.91. The summed E-state index contributed by atoms with van der Waals surface area (Å²) in [6.45, 7) is 4.66. The summed E-state index contributed by atoms with van der Waals surface area (Å²) >= 11 is 4.96. The molecule has 2 unspecified atom stereocenters. The number of aromatic nitrogens is 3. The molecule has 0 radical (unpaired) electrons. The van der Waals surface area contributed by atoms with Gasteiger partial charge in [0.1, 0.15) is 0 Å². The molecule has 0 amide bonds. The van der Waals surface area contributed by atoms with Gasteiger partial charge in [-0.3, -0.25) is 4.57 Å². The third kappa shape index (κ3) is 3.99. The SMILES string of the molecule is CCCn1c(SC(c2ccc(Br)cc2)C(C)N)n[nH]c1=O. The number of rotatable bonds is 6. The van der Waals surface area contributed by atoms with Crippen LogP contribution in [0.4, 0.5) is 0 Å². The number of thioether (sulfide) groups is 1. The number of hydrogen-bond acceptors (Lipinski definition) is 4. The summed E-state index contributed by atoms with van der Waals surface area (Å²) in [4.78, 5) is 11.8. The molecule has 7 heteroatoms. The molecule has 0 aliphatic heterocycles. The number of hydrogen-bond donors (Lipinski definition) is 2. The van der Waals surface area contributed by atoms with Gasteiger partial charge in [-0.2, -0.15) is 0 Å². The van der Waals surface area contributed by atoms with Gasteiger partial charge in [0.2, 0.25) is 0 Å². The second-order valence-corrected chi connectivity index (χ2v) is 6.94. The zero-order valence-electron chi connectivity index (χ0n) is 12.0. The Morgan fingerprint density at radius 3 is 2.67 bits per heavy atom. The topological polar surface area (TPSA) is 76.7 Å². The van der Waals surface area contributed by atoms with Crippen molar-refractivity contribution in [1.29, 1.82) is 0 Å². The van der Waals surface area contributed by atoms with Gasteiger partial charge in [-0.25, -0.2) is 9.89 Å². The predicted octanol–water partition coefficient (Wildman–Crippen LogP) is 2.92. The third-order valence-corrected chi connectivity index (χ3v) is 5.09. The van der Waals surface area contributed by atoms with Gasteiger partial charge >= 0.3 is 5.69 Å². The van der Waals surface area contributed by atoms with Crippen molar-refractivity contribution in [2.24, 2.45) is 5.73 Å². The minimum atomic E-state index is -0.168. The molecule has 0 aliphatic rings. The molecule has 2 rings (SSSR count). The standard InChI is InChI=1S/C14H19BrN4OS/c1-3-8-19-13(20)17-18-14(19)21-12(9(2)16)10-4-6-11(15)7-5-10/h4-7,9,12H,3,8,16H2,1-2H3,(H,17,20). The van der Waals surface area contributed by atoms with E-state index in [1.165, 1.54) is 11.8 Å². The van der Waals surface area contributed by atoms with Crippen LogP contribution in [0.3, 0.4) is 0 Å². The van der Waals surface area contributed by atoms with Crippen LogP contribution in [0.15, 0.2) is 38.7 Å². The quantitative estimate of drug-likeness (QED) is 0.766. The summed E-state index contributed by atoms with van der Waals surface area (Å²) in [7, 11) is 0. The van der Waals surface area contributed by atoms with Crippen LogP contribution in [0, 0.1) is 0 Å². The molecule has 2 atom stereocenters. The summed E-state index contributed by atoms with van der Waals surface area (Å²) in [5, 5.41) is 7.37. The summed E-state index contributed by atoms with van der Waals surface area (Å²) in [6.07, 6.45) is 0.883. The van der Waals surface area contributed by atoms with Crippen LogP contribution >= 0.6 is 27.7 Å². The third-order valence-electron chi connectivity index (χ3n) is 3.08. The lowest BCUT2D eigenvalue weighted by molar-refractivity contribution is 0.600. The summed E-state index contributed by atoms with van der Waals surface area (Å²) in [5.41, 5.74) is 7.08. The number of nitrogens with one attached hydrogen (secondary N) is 1. The highest BCUT2D eigenvalue weighted by Crippen LogP contribution is 2.36. The maximum absolute atomic E-state index is 11.8. The number of nitrogens with two attached hydrogens (primary N) is 1. The van der Waals surface area contributed by atoms with Crippen LogP contribution in [0.25, 0.3) is 0 Å². The molecule has 0 saturated heterocycles. The van der Waals surface area contributed by atoms with E-state index in [9.17, 15) is 4.79 Å². The summed E-state index contributed by atoms with van der Waals surface area (Å²) in [6, 6.07) is 8.02. The van der Waals surface area contributed by atoms with E-state index in [-0.39, 0.29) is 17.0 Å². The fraction of sp³-hybridized carbons (Fsp3) is 0.429. The molecule has 1 aromatic carbocycles. The van der Waals surface area contributed by atoms with Crippen LogP contribution < -0.4 is 11.4 Å². The molecule has 0 bridgehead atoms. The van der Waals surface area contributed by atoms with Crippen LogP contribution in [0.5, 0.6) is 0 Å². The Hall–Kier alpha value is -1.05. The maximum atomic E-state index is 11.8. The summed E-state index contributed by atoms with van der Waals surface area (Å²) < 4.78 is 2.70. The first-order valence-electron chi connectivity index (χ1n) is 6.85. The van der Waals surface area contributed by atoms with Crippen molar-refractivity contribution in [3.05, 3.63) is 44.8 Å². The van der Waals surface area contributed by atoms with Crippen LogP contribution in [0.2, 0.25) is 0 Å².